The summed E-state index contributed by atoms with van der Waals surface area (Å²) >= 11 is 0. The van der Waals surface area contributed by atoms with E-state index in [-0.39, 0.29) is 17.4 Å². The molecule has 1 aliphatic carbocycles. The highest BCUT2D eigenvalue weighted by Crippen LogP contribution is 2.33. The number of rotatable bonds is 6. The Kier molecular flexibility index (Phi) is 6.28. The molecule has 0 unspecified atom stereocenters. The van der Waals surface area contributed by atoms with Gasteiger partial charge in [0.05, 0.1) is 6.10 Å². The molecule has 0 aliphatic heterocycles. The average Bonchev–Trinajstić information content (AvgIpc) is 3.11. The van der Waals surface area contributed by atoms with Crippen LogP contribution < -0.4 is 16.0 Å². The average molecular weight is 455 g/mol. The minimum Gasteiger partial charge on any atom is -0.490 e. The first-order chi connectivity index (χ1) is 15.7. The van der Waals surface area contributed by atoms with Gasteiger partial charge in [-0.3, -0.25) is 13.9 Å². The predicted molar refractivity (Wildman–Crippen MR) is 128 cm³/mol. The number of halogens is 1. The van der Waals surface area contributed by atoms with Gasteiger partial charge in [0.2, 0.25) is 0 Å². The van der Waals surface area contributed by atoms with Gasteiger partial charge < -0.3 is 9.30 Å². The SMILES string of the molecule is CCn1c(=O)c2c(nc(/C=C/c3cccc(OC4CCC(C)(F)CC4)c3)n2C)n(CC)c1=O. The Balaban J connectivity index is 1.61. The van der Waals surface area contributed by atoms with Gasteiger partial charge >= 0.3 is 5.69 Å². The summed E-state index contributed by atoms with van der Waals surface area (Å²) in [6.45, 7) is 6.04. The first-order valence-electron chi connectivity index (χ1n) is 11.6. The summed E-state index contributed by atoms with van der Waals surface area (Å²) in [6.07, 6.45) is 6.22. The molecule has 1 aliphatic rings. The highest BCUT2D eigenvalue weighted by Gasteiger charge is 2.31. The summed E-state index contributed by atoms with van der Waals surface area (Å²) in [4.78, 5) is 30.1. The second-order valence-electron chi connectivity index (χ2n) is 8.91. The van der Waals surface area contributed by atoms with Crippen LogP contribution in [0.3, 0.4) is 0 Å². The molecule has 0 atom stereocenters. The van der Waals surface area contributed by atoms with Crippen LogP contribution in [0, 0.1) is 0 Å². The second kappa shape index (κ2) is 9.00. The number of aromatic nitrogens is 4. The van der Waals surface area contributed by atoms with E-state index in [0.717, 1.165) is 11.3 Å². The lowest BCUT2D eigenvalue weighted by molar-refractivity contribution is 0.0579. The Morgan fingerprint density at radius 3 is 2.52 bits per heavy atom. The molecular formula is C25H31FN4O3. The van der Waals surface area contributed by atoms with E-state index in [9.17, 15) is 14.0 Å². The standard InChI is InChI=1S/C25H31FN4O3/c1-5-29-22-21(23(31)30(6-2)24(29)32)28(4)20(27-22)11-10-17-8-7-9-19(16-17)33-18-12-14-25(3,26)15-13-18/h7-11,16,18H,5-6,12-15H2,1-4H3/b11-10+. The molecule has 1 fully saturated rings. The number of aryl methyl sites for hydroxylation is 2. The molecule has 0 N–H and O–H groups in total. The van der Waals surface area contributed by atoms with Crippen molar-refractivity contribution in [1.29, 1.82) is 0 Å². The largest absolute Gasteiger partial charge is 0.490 e. The number of benzene rings is 1. The highest BCUT2D eigenvalue weighted by atomic mass is 19.1. The van der Waals surface area contributed by atoms with E-state index in [0.29, 0.717) is 55.8 Å². The summed E-state index contributed by atoms with van der Waals surface area (Å²) in [5, 5.41) is 0. The number of hydrogen-bond acceptors (Lipinski definition) is 4. The van der Waals surface area contributed by atoms with Gasteiger partial charge in [0.15, 0.2) is 11.2 Å². The van der Waals surface area contributed by atoms with Crippen LogP contribution in [0.2, 0.25) is 0 Å². The first-order valence-corrected chi connectivity index (χ1v) is 11.6. The predicted octanol–water partition coefficient (Wildman–Crippen LogP) is 4.16. The minimum absolute atomic E-state index is 0.0272. The van der Waals surface area contributed by atoms with Gasteiger partial charge in [0, 0.05) is 20.1 Å². The number of fused-ring (bicyclic) bond motifs is 1. The second-order valence-corrected chi connectivity index (χ2v) is 8.91. The Bertz CT molecular complexity index is 1310. The molecule has 2 heterocycles. The molecule has 0 spiro atoms. The van der Waals surface area contributed by atoms with E-state index in [1.165, 1.54) is 9.13 Å². The lowest BCUT2D eigenvalue weighted by Crippen LogP contribution is -2.39. The van der Waals surface area contributed by atoms with E-state index < -0.39 is 5.67 Å². The fourth-order valence-electron chi connectivity index (χ4n) is 4.46. The molecule has 4 rings (SSSR count). The number of ether oxygens (including phenoxy) is 1. The van der Waals surface area contributed by atoms with Crippen LogP contribution in [0.5, 0.6) is 5.75 Å². The normalized spacial score (nSPS) is 21.2. The van der Waals surface area contributed by atoms with Crippen molar-refractivity contribution < 1.29 is 9.13 Å². The summed E-state index contributed by atoms with van der Waals surface area (Å²) in [5.74, 6) is 1.33. The Morgan fingerprint density at radius 1 is 1.15 bits per heavy atom. The van der Waals surface area contributed by atoms with Crippen LogP contribution in [-0.2, 0) is 20.1 Å². The monoisotopic (exact) mass is 454 g/mol. The minimum atomic E-state index is -1.08. The zero-order chi connectivity index (χ0) is 23.8. The van der Waals surface area contributed by atoms with Crippen molar-refractivity contribution in [3.63, 3.8) is 0 Å². The van der Waals surface area contributed by atoms with Crippen molar-refractivity contribution >= 4 is 23.3 Å². The third-order valence-electron chi connectivity index (χ3n) is 6.47. The molecule has 0 bridgehead atoms. The molecule has 33 heavy (non-hydrogen) atoms. The van der Waals surface area contributed by atoms with E-state index in [1.807, 2.05) is 43.3 Å². The number of imidazole rings is 1. The molecule has 7 nitrogen and oxygen atoms in total. The molecule has 1 saturated carbocycles. The van der Waals surface area contributed by atoms with Crippen molar-refractivity contribution in [3.8, 4) is 5.75 Å². The first kappa shape index (κ1) is 23.0. The lowest BCUT2D eigenvalue weighted by atomic mass is 9.86. The van der Waals surface area contributed by atoms with Crippen LogP contribution >= 0.6 is 0 Å². The molecule has 0 saturated heterocycles. The maximum absolute atomic E-state index is 14.0. The highest BCUT2D eigenvalue weighted by molar-refractivity contribution is 5.76. The molecule has 1 aromatic carbocycles. The van der Waals surface area contributed by atoms with Crippen molar-refractivity contribution in [2.75, 3.05) is 0 Å². The van der Waals surface area contributed by atoms with Gasteiger partial charge in [0.25, 0.3) is 5.56 Å². The summed E-state index contributed by atoms with van der Waals surface area (Å²) < 4.78 is 24.6. The van der Waals surface area contributed by atoms with Crippen LogP contribution in [0.4, 0.5) is 4.39 Å². The van der Waals surface area contributed by atoms with Crippen LogP contribution in [0.1, 0.15) is 57.8 Å². The molecule has 2 aromatic heterocycles. The summed E-state index contributed by atoms with van der Waals surface area (Å²) in [5.41, 5.74) is -0.0275. The third kappa shape index (κ3) is 4.51. The molecule has 176 valence electrons. The van der Waals surface area contributed by atoms with Gasteiger partial charge in [-0.05, 0) is 70.2 Å². The molecule has 0 amide bonds. The van der Waals surface area contributed by atoms with Crippen molar-refractivity contribution in [1.82, 2.24) is 18.7 Å². The Hall–Kier alpha value is -3.16. The maximum atomic E-state index is 14.0. The van der Waals surface area contributed by atoms with Gasteiger partial charge in [-0.1, -0.05) is 18.2 Å². The maximum Gasteiger partial charge on any atom is 0.332 e. The van der Waals surface area contributed by atoms with E-state index in [1.54, 1.807) is 25.5 Å². The third-order valence-corrected chi connectivity index (χ3v) is 6.47. The summed E-state index contributed by atoms with van der Waals surface area (Å²) in [7, 11) is 1.78. The molecule has 0 radical (unpaired) electrons. The zero-order valence-electron chi connectivity index (χ0n) is 19.7. The van der Waals surface area contributed by atoms with E-state index in [4.69, 9.17) is 4.74 Å². The Morgan fingerprint density at radius 2 is 1.85 bits per heavy atom. The lowest BCUT2D eigenvalue weighted by Gasteiger charge is -2.31. The number of alkyl halides is 1. The fourth-order valence-corrected chi connectivity index (χ4v) is 4.46. The van der Waals surface area contributed by atoms with Gasteiger partial charge in [-0.25, -0.2) is 14.2 Å². The molecule has 3 aromatic rings. The molecule has 8 heteroatoms. The zero-order valence-corrected chi connectivity index (χ0v) is 19.7. The van der Waals surface area contributed by atoms with Gasteiger partial charge in [-0.2, -0.15) is 0 Å². The number of hydrogen-bond donors (Lipinski definition) is 0. The topological polar surface area (TPSA) is 71.1 Å². The van der Waals surface area contributed by atoms with Crippen molar-refractivity contribution in [3.05, 3.63) is 56.5 Å². The number of nitrogens with zero attached hydrogens (tertiary/aromatic N) is 4. The van der Waals surface area contributed by atoms with Crippen LogP contribution in [0.25, 0.3) is 23.3 Å². The molecular weight excluding hydrogens is 423 g/mol. The smallest absolute Gasteiger partial charge is 0.332 e. The summed E-state index contributed by atoms with van der Waals surface area (Å²) in [6, 6.07) is 7.72. The quantitative estimate of drug-likeness (QED) is 0.561. The Labute approximate surface area is 192 Å². The van der Waals surface area contributed by atoms with Gasteiger partial charge in [-0.15, -0.1) is 0 Å². The van der Waals surface area contributed by atoms with Crippen LogP contribution in [0.15, 0.2) is 33.9 Å². The van der Waals surface area contributed by atoms with Crippen LogP contribution in [-0.4, -0.2) is 30.5 Å². The van der Waals surface area contributed by atoms with Crippen molar-refractivity contribution in [2.24, 2.45) is 7.05 Å². The van der Waals surface area contributed by atoms with E-state index >= 15 is 0 Å². The van der Waals surface area contributed by atoms with Gasteiger partial charge in [0.1, 0.15) is 17.2 Å². The fraction of sp³-hybridized carbons (Fsp3) is 0.480. The van der Waals surface area contributed by atoms with Crippen molar-refractivity contribution in [2.45, 2.75) is 71.3 Å². The van der Waals surface area contributed by atoms with E-state index in [2.05, 4.69) is 4.98 Å².